The lowest BCUT2D eigenvalue weighted by Crippen LogP contribution is -2.34. The first-order valence-electron chi connectivity index (χ1n) is 10.3. The van der Waals surface area contributed by atoms with Crippen LogP contribution in [0.15, 0.2) is 0 Å². The Bertz CT molecular complexity index is 631. The molecule has 1 amide bonds. The van der Waals surface area contributed by atoms with E-state index in [1.54, 1.807) is 48.6 Å². The highest BCUT2D eigenvalue weighted by molar-refractivity contribution is 5.77. The van der Waals surface area contributed by atoms with Crippen molar-refractivity contribution >= 4 is 18.4 Å². The minimum Gasteiger partial charge on any atom is -0.444 e. The molecule has 0 radical (unpaired) electrons. The predicted octanol–water partition coefficient (Wildman–Crippen LogP) is 3.81. The number of ether oxygens (including phenoxy) is 4. The highest BCUT2D eigenvalue weighted by Gasteiger charge is 2.24. The van der Waals surface area contributed by atoms with Gasteiger partial charge in [-0.3, -0.25) is 0 Å². The van der Waals surface area contributed by atoms with Crippen LogP contribution in [0.3, 0.4) is 0 Å². The molecule has 0 aromatic carbocycles. The van der Waals surface area contributed by atoms with E-state index in [1.165, 1.54) is 4.90 Å². The molecule has 0 aromatic rings. The lowest BCUT2D eigenvalue weighted by atomic mass is 10.2. The van der Waals surface area contributed by atoms with Crippen molar-refractivity contribution in [2.24, 2.45) is 0 Å². The maximum atomic E-state index is 11.2. The molecule has 0 unspecified atom stereocenters. The Morgan fingerprint density at radius 3 is 1.35 bits per heavy atom. The molecule has 0 atom stereocenters. The molecule has 0 fully saturated rings. The Balaban J connectivity index is -0.000000211. The maximum absolute atomic E-state index is 11.2. The van der Waals surface area contributed by atoms with Crippen LogP contribution in [0.2, 0.25) is 0 Å². The minimum absolute atomic E-state index is 0.273. The molecule has 0 rings (SSSR count). The van der Waals surface area contributed by atoms with Gasteiger partial charge in [-0.1, -0.05) is 11.8 Å². The molecular formula is C24H44N2O8. The fourth-order valence-corrected chi connectivity index (χ4v) is 1.25. The zero-order valence-electron chi connectivity index (χ0n) is 22.8. The number of carbonyl (C=O) groups is 3. The summed E-state index contributed by atoms with van der Waals surface area (Å²) in [5.74, 6) is 4.77. The molecule has 0 aromatic heterocycles. The Morgan fingerprint density at radius 1 is 0.794 bits per heavy atom. The Labute approximate surface area is 205 Å². The van der Waals surface area contributed by atoms with Crippen molar-refractivity contribution in [1.29, 1.82) is 0 Å². The van der Waals surface area contributed by atoms with Crippen molar-refractivity contribution < 1.29 is 38.4 Å². The van der Waals surface area contributed by atoms with Crippen molar-refractivity contribution in [2.75, 3.05) is 34.3 Å². The highest BCUT2D eigenvalue weighted by atomic mass is 16.8. The average molecular weight is 489 g/mol. The first-order valence-corrected chi connectivity index (χ1v) is 10.3. The molecule has 198 valence electrons. The molecule has 10 nitrogen and oxygen atoms in total. The summed E-state index contributed by atoms with van der Waals surface area (Å²) in [4.78, 5) is 34.5. The molecule has 0 aliphatic carbocycles. The SMILES string of the molecule is C#CCN(C)C(=O)OC(C)(C)C.C#CCNC.CC(C)(C)OC(=O)OC(=O)OC(C)(C)C.CO. The third-order valence-electron chi connectivity index (χ3n) is 2.26. The molecule has 0 heterocycles. The topological polar surface area (TPSA) is 124 Å². The summed E-state index contributed by atoms with van der Waals surface area (Å²) in [5.41, 5.74) is -1.85. The summed E-state index contributed by atoms with van der Waals surface area (Å²) >= 11 is 0. The predicted molar refractivity (Wildman–Crippen MR) is 132 cm³/mol. The quantitative estimate of drug-likeness (QED) is 0.258. The third kappa shape index (κ3) is 36.4. The summed E-state index contributed by atoms with van der Waals surface area (Å²) < 4.78 is 18.8. The Hall–Kier alpha value is -2.95. The molecule has 0 saturated heterocycles. The van der Waals surface area contributed by atoms with Crippen LogP contribution in [0.25, 0.3) is 0 Å². The Morgan fingerprint density at radius 2 is 1.15 bits per heavy atom. The second-order valence-corrected chi connectivity index (χ2v) is 9.31. The summed E-state index contributed by atoms with van der Waals surface area (Å²) in [7, 11) is 4.42. The van der Waals surface area contributed by atoms with Gasteiger partial charge in [-0.25, -0.2) is 14.4 Å². The fourth-order valence-electron chi connectivity index (χ4n) is 1.25. The van der Waals surface area contributed by atoms with Gasteiger partial charge in [0.05, 0.1) is 13.1 Å². The number of rotatable bonds is 2. The van der Waals surface area contributed by atoms with E-state index in [0.29, 0.717) is 6.54 Å². The molecule has 0 aliphatic rings. The number of nitrogens with zero attached hydrogens (tertiary/aromatic N) is 1. The molecule has 0 bridgehead atoms. The van der Waals surface area contributed by atoms with Gasteiger partial charge in [-0.05, 0) is 69.4 Å². The van der Waals surface area contributed by atoms with Gasteiger partial charge in [-0.2, -0.15) is 0 Å². The van der Waals surface area contributed by atoms with Gasteiger partial charge < -0.3 is 34.3 Å². The van der Waals surface area contributed by atoms with Crippen LogP contribution in [0.1, 0.15) is 62.3 Å². The standard InChI is InChI=1S/C10H18O5.C9H15NO2.C4H7N.CH4O/c1-9(2,3)14-7(11)13-8(12)15-10(4,5)6;1-6-7-10(5)8(11)12-9(2,3)4;1-3-4-5-2;1-2/h1-6H3;1H,7H2,2-5H3;1,5H,4H2,2H3;2H,1H3. The zero-order chi connectivity index (χ0) is 28.2. The smallest absolute Gasteiger partial charge is 0.444 e. The lowest BCUT2D eigenvalue weighted by molar-refractivity contribution is -0.0294. The summed E-state index contributed by atoms with van der Waals surface area (Å²) in [6, 6.07) is 0. The van der Waals surface area contributed by atoms with Crippen LogP contribution in [-0.4, -0.2) is 79.5 Å². The monoisotopic (exact) mass is 488 g/mol. The summed E-state index contributed by atoms with van der Waals surface area (Å²) in [6.45, 7) is 16.4. The van der Waals surface area contributed by atoms with E-state index in [1.807, 2.05) is 27.8 Å². The molecule has 10 heteroatoms. The number of hydrogen-bond donors (Lipinski definition) is 2. The van der Waals surface area contributed by atoms with Crippen LogP contribution in [-0.2, 0) is 18.9 Å². The maximum Gasteiger partial charge on any atom is 0.519 e. The number of aliphatic hydroxyl groups excluding tert-OH is 1. The molecule has 0 saturated carbocycles. The molecule has 2 N–H and O–H groups in total. The first-order chi connectivity index (χ1) is 15.3. The van der Waals surface area contributed by atoms with Gasteiger partial charge in [0.25, 0.3) is 0 Å². The van der Waals surface area contributed by atoms with E-state index in [9.17, 15) is 14.4 Å². The van der Waals surface area contributed by atoms with Gasteiger partial charge >= 0.3 is 18.4 Å². The largest absolute Gasteiger partial charge is 0.519 e. The zero-order valence-corrected chi connectivity index (χ0v) is 22.8. The van der Waals surface area contributed by atoms with Crippen LogP contribution >= 0.6 is 0 Å². The van der Waals surface area contributed by atoms with Gasteiger partial charge in [0.2, 0.25) is 0 Å². The second-order valence-electron chi connectivity index (χ2n) is 9.31. The first kappa shape index (κ1) is 38.3. The lowest BCUT2D eigenvalue weighted by Gasteiger charge is -2.23. The summed E-state index contributed by atoms with van der Waals surface area (Å²) in [5, 5.41) is 9.78. The van der Waals surface area contributed by atoms with E-state index in [2.05, 4.69) is 21.9 Å². The van der Waals surface area contributed by atoms with Gasteiger partial charge in [-0.15, -0.1) is 12.8 Å². The molecule has 0 aliphatic heterocycles. The van der Waals surface area contributed by atoms with Gasteiger partial charge in [0.15, 0.2) is 0 Å². The third-order valence-corrected chi connectivity index (χ3v) is 2.26. The van der Waals surface area contributed by atoms with Crippen molar-refractivity contribution in [2.45, 2.75) is 79.1 Å². The number of hydrogen-bond acceptors (Lipinski definition) is 9. The second kappa shape index (κ2) is 19.5. The van der Waals surface area contributed by atoms with Crippen molar-refractivity contribution in [3.63, 3.8) is 0 Å². The van der Waals surface area contributed by atoms with Crippen molar-refractivity contribution in [1.82, 2.24) is 10.2 Å². The minimum atomic E-state index is -1.06. The van der Waals surface area contributed by atoms with Crippen molar-refractivity contribution in [3.8, 4) is 24.7 Å². The molecule has 34 heavy (non-hydrogen) atoms. The number of terminal acetylenes is 2. The van der Waals surface area contributed by atoms with Crippen LogP contribution in [0.4, 0.5) is 14.4 Å². The van der Waals surface area contributed by atoms with Gasteiger partial charge in [0, 0.05) is 14.2 Å². The van der Waals surface area contributed by atoms with Crippen molar-refractivity contribution in [3.05, 3.63) is 0 Å². The average Bonchev–Trinajstić information content (AvgIpc) is 2.60. The van der Waals surface area contributed by atoms with E-state index in [4.69, 9.17) is 32.2 Å². The van der Waals surface area contributed by atoms with Crippen LogP contribution in [0.5, 0.6) is 0 Å². The normalized spacial score (nSPS) is 9.97. The Kier molecular flexibility index (Phi) is 22.0. The fraction of sp³-hybridized carbons (Fsp3) is 0.708. The number of aliphatic hydroxyl groups is 1. The molecular weight excluding hydrogens is 444 g/mol. The van der Waals surface area contributed by atoms with E-state index < -0.39 is 29.1 Å². The van der Waals surface area contributed by atoms with E-state index in [-0.39, 0.29) is 12.6 Å². The summed E-state index contributed by atoms with van der Waals surface area (Å²) in [6.07, 6.45) is 7.35. The van der Waals surface area contributed by atoms with Gasteiger partial charge in [0.1, 0.15) is 16.8 Å². The number of nitrogens with one attached hydrogen (secondary N) is 1. The van der Waals surface area contributed by atoms with Crippen LogP contribution < -0.4 is 5.32 Å². The highest BCUT2D eigenvalue weighted by Crippen LogP contribution is 2.11. The number of amides is 1. The van der Waals surface area contributed by atoms with E-state index >= 15 is 0 Å². The van der Waals surface area contributed by atoms with Crippen LogP contribution in [0, 0.1) is 24.7 Å². The number of carbonyl (C=O) groups excluding carboxylic acids is 3. The van der Waals surface area contributed by atoms with E-state index in [0.717, 1.165) is 7.11 Å². The molecule has 0 spiro atoms.